The minimum absolute atomic E-state index is 0.428. The normalized spacial score (nSPS) is 19.4. The Labute approximate surface area is 172 Å². The third-order valence-electron chi connectivity index (χ3n) is 5.78. The van der Waals surface area contributed by atoms with Crippen LogP contribution in [0, 0.1) is 18.8 Å². The first-order valence-electron chi connectivity index (χ1n) is 9.49. The molecule has 2 aromatic heterocycles. The Morgan fingerprint density at radius 3 is 2.76 bits per heavy atom. The van der Waals surface area contributed by atoms with Crippen LogP contribution in [0.4, 0.5) is 10.1 Å². The Hall–Kier alpha value is -2.93. The maximum atomic E-state index is 15.1. The van der Waals surface area contributed by atoms with E-state index >= 15 is 4.39 Å². The molecule has 3 heterocycles. The molecule has 2 aromatic carbocycles. The number of aromatic amines is 1. The van der Waals surface area contributed by atoms with E-state index in [2.05, 4.69) is 33.1 Å². The molecule has 5 rings (SSSR count). The van der Waals surface area contributed by atoms with Crippen molar-refractivity contribution in [2.75, 3.05) is 11.4 Å². The van der Waals surface area contributed by atoms with Gasteiger partial charge in [-0.15, -0.1) is 0 Å². The van der Waals surface area contributed by atoms with Crippen LogP contribution < -0.4 is 4.90 Å². The van der Waals surface area contributed by atoms with Crippen LogP contribution in [0.3, 0.4) is 0 Å². The van der Waals surface area contributed by atoms with Crippen LogP contribution in [0.2, 0.25) is 5.02 Å². The zero-order valence-corrected chi connectivity index (χ0v) is 16.8. The predicted octanol–water partition coefficient (Wildman–Crippen LogP) is 4.56. The third kappa shape index (κ3) is 2.80. The zero-order valence-electron chi connectivity index (χ0n) is 16.1. The number of nitrogens with one attached hydrogen (secondary N) is 1. The molecular formula is C21H19ClFN6. The Morgan fingerprint density at radius 2 is 2.00 bits per heavy atom. The summed E-state index contributed by atoms with van der Waals surface area (Å²) < 4.78 is 15.1. The molecule has 0 bridgehead atoms. The molecule has 1 radical (unpaired) electrons. The van der Waals surface area contributed by atoms with Crippen molar-refractivity contribution in [2.24, 2.45) is 0 Å². The van der Waals surface area contributed by atoms with E-state index in [-0.39, 0.29) is 0 Å². The van der Waals surface area contributed by atoms with E-state index in [1.165, 1.54) is 4.80 Å². The van der Waals surface area contributed by atoms with E-state index in [1.54, 1.807) is 24.5 Å². The molecular weight excluding hydrogens is 391 g/mol. The van der Waals surface area contributed by atoms with Gasteiger partial charge in [-0.05, 0) is 56.5 Å². The number of halogens is 2. The van der Waals surface area contributed by atoms with Gasteiger partial charge >= 0.3 is 0 Å². The van der Waals surface area contributed by atoms with Gasteiger partial charge in [-0.1, -0.05) is 11.6 Å². The van der Waals surface area contributed by atoms with Gasteiger partial charge in [0.25, 0.3) is 0 Å². The van der Waals surface area contributed by atoms with Crippen LogP contribution in [-0.4, -0.2) is 31.5 Å². The van der Waals surface area contributed by atoms with Crippen molar-refractivity contribution in [3.05, 3.63) is 65.0 Å². The highest BCUT2D eigenvalue weighted by Crippen LogP contribution is 2.42. The number of rotatable bonds is 3. The minimum atomic E-state index is -0.460. The van der Waals surface area contributed by atoms with Gasteiger partial charge in [0.05, 0.1) is 46.4 Å². The number of hydrogen-bond donors (Lipinski definition) is 1. The van der Waals surface area contributed by atoms with Crippen molar-refractivity contribution < 1.29 is 4.39 Å². The molecule has 147 valence electrons. The Bertz CT molecular complexity index is 1200. The van der Waals surface area contributed by atoms with E-state index < -0.39 is 11.4 Å². The standard InChI is InChI=1S/C21H19ClFN6/c1-13-15(22)5-6-17-19(13)27-20(26-17)21(2)8-3-11-28(21)18-7-4-14(12-16(18)23)29-24-9-10-25-29/h4-7,9-10H,3,8,11H2,1-2H3,(H,26,27)/t21-/m0/s1. The fraction of sp³-hybridized carbons (Fsp3) is 0.286. The summed E-state index contributed by atoms with van der Waals surface area (Å²) in [5, 5.41) is 8.77. The quantitative estimate of drug-likeness (QED) is 0.538. The van der Waals surface area contributed by atoms with E-state index in [0.29, 0.717) is 16.4 Å². The average Bonchev–Trinajstić information content (AvgIpc) is 3.45. The second kappa shape index (κ2) is 6.56. The van der Waals surface area contributed by atoms with Crippen LogP contribution in [-0.2, 0) is 5.54 Å². The van der Waals surface area contributed by atoms with Crippen LogP contribution in [0.5, 0.6) is 0 Å². The second-order valence-corrected chi connectivity index (χ2v) is 7.95. The summed E-state index contributed by atoms with van der Waals surface area (Å²) in [7, 11) is 0. The Morgan fingerprint density at radius 1 is 1.21 bits per heavy atom. The molecule has 0 aliphatic carbocycles. The number of fused-ring (bicyclic) bond motifs is 1. The molecule has 1 N–H and O–H groups in total. The van der Waals surface area contributed by atoms with Gasteiger partial charge in [-0.3, -0.25) is 0 Å². The molecule has 8 heteroatoms. The number of hydrogen-bond acceptors (Lipinski definition) is 4. The lowest BCUT2D eigenvalue weighted by atomic mass is 9.97. The van der Waals surface area contributed by atoms with Crippen molar-refractivity contribution in [3.63, 3.8) is 0 Å². The highest BCUT2D eigenvalue weighted by Gasteiger charge is 2.42. The highest BCUT2D eigenvalue weighted by atomic mass is 35.5. The van der Waals surface area contributed by atoms with E-state index in [1.807, 2.05) is 19.1 Å². The molecule has 1 atom stereocenters. The second-order valence-electron chi connectivity index (χ2n) is 7.54. The average molecular weight is 410 g/mol. The lowest BCUT2D eigenvalue weighted by Gasteiger charge is -2.35. The molecule has 1 aliphatic heterocycles. The molecule has 29 heavy (non-hydrogen) atoms. The first kappa shape index (κ1) is 18.1. The molecule has 0 amide bonds. The first-order chi connectivity index (χ1) is 14.0. The first-order valence-corrected chi connectivity index (χ1v) is 9.86. The number of anilines is 1. The van der Waals surface area contributed by atoms with Crippen molar-refractivity contribution >= 4 is 28.3 Å². The summed E-state index contributed by atoms with van der Waals surface area (Å²) in [4.78, 5) is 11.7. The number of aryl methyl sites for hydroxylation is 1. The van der Waals surface area contributed by atoms with Gasteiger partial charge in [0.1, 0.15) is 5.82 Å². The molecule has 0 saturated carbocycles. The van der Waals surface area contributed by atoms with Crippen LogP contribution in [0.25, 0.3) is 16.7 Å². The Balaban J connectivity index is 1.57. The van der Waals surface area contributed by atoms with Crippen LogP contribution >= 0.6 is 11.6 Å². The lowest BCUT2D eigenvalue weighted by molar-refractivity contribution is 0.459. The number of benzene rings is 2. The fourth-order valence-corrected chi connectivity index (χ4v) is 4.31. The van der Waals surface area contributed by atoms with Crippen LogP contribution in [0.1, 0.15) is 31.2 Å². The van der Waals surface area contributed by atoms with E-state index in [4.69, 9.17) is 16.6 Å². The zero-order chi connectivity index (χ0) is 20.2. The molecule has 1 aliphatic rings. The largest absolute Gasteiger partial charge is 0.357 e. The lowest BCUT2D eigenvalue weighted by Crippen LogP contribution is -2.40. The van der Waals surface area contributed by atoms with Gasteiger partial charge in [0.2, 0.25) is 0 Å². The molecule has 0 spiro atoms. The number of H-pyrrole nitrogens is 1. The van der Waals surface area contributed by atoms with Crippen molar-refractivity contribution in [2.45, 2.75) is 32.2 Å². The maximum Gasteiger partial charge on any atom is 0.156 e. The van der Waals surface area contributed by atoms with Gasteiger partial charge < -0.3 is 9.88 Å². The van der Waals surface area contributed by atoms with E-state index in [9.17, 15) is 0 Å². The maximum absolute atomic E-state index is 15.1. The van der Waals surface area contributed by atoms with Gasteiger partial charge in [0.15, 0.2) is 5.82 Å². The van der Waals surface area contributed by atoms with Gasteiger partial charge in [-0.2, -0.15) is 15.0 Å². The summed E-state index contributed by atoms with van der Waals surface area (Å²) in [5.74, 6) is 0.385. The monoisotopic (exact) mass is 409 g/mol. The smallest absolute Gasteiger partial charge is 0.156 e. The van der Waals surface area contributed by atoms with Gasteiger partial charge in [0, 0.05) is 11.6 Å². The molecule has 4 aromatic rings. The van der Waals surface area contributed by atoms with Crippen molar-refractivity contribution in [3.8, 4) is 5.69 Å². The summed E-state index contributed by atoms with van der Waals surface area (Å²) >= 11 is 6.26. The van der Waals surface area contributed by atoms with Crippen molar-refractivity contribution in [1.82, 2.24) is 25.0 Å². The fourth-order valence-electron chi connectivity index (χ4n) is 4.15. The van der Waals surface area contributed by atoms with E-state index in [0.717, 1.165) is 41.8 Å². The highest BCUT2D eigenvalue weighted by molar-refractivity contribution is 6.32. The predicted molar refractivity (Wildman–Crippen MR) is 110 cm³/mol. The summed E-state index contributed by atoms with van der Waals surface area (Å²) in [6.45, 7) is 4.79. The summed E-state index contributed by atoms with van der Waals surface area (Å²) in [6.07, 6.45) is 4.90. The SMILES string of the molecule is Cc1c(Cl)ccc2[nH]c([C@]3(C)CCCN3c3ccc(-n4nccn4)[c]c3F)nc12. The Kier molecular flexibility index (Phi) is 4.10. The summed E-state index contributed by atoms with van der Waals surface area (Å²) in [5.41, 5.74) is 3.23. The number of nitrogens with zero attached hydrogens (tertiary/aromatic N) is 5. The topological polar surface area (TPSA) is 62.6 Å². The molecule has 0 unspecified atom stereocenters. The summed E-state index contributed by atoms with van der Waals surface area (Å²) in [6, 6.07) is 10.1. The minimum Gasteiger partial charge on any atom is -0.357 e. The molecule has 1 fully saturated rings. The third-order valence-corrected chi connectivity index (χ3v) is 6.19. The number of aromatic nitrogens is 5. The molecule has 1 saturated heterocycles. The van der Waals surface area contributed by atoms with Crippen LogP contribution in [0.15, 0.2) is 36.7 Å². The number of imidazole rings is 1. The van der Waals surface area contributed by atoms with Gasteiger partial charge in [-0.25, -0.2) is 9.37 Å². The van der Waals surface area contributed by atoms with Crippen molar-refractivity contribution in [1.29, 1.82) is 0 Å². The molecule has 6 nitrogen and oxygen atoms in total.